The van der Waals surface area contributed by atoms with E-state index in [1.54, 1.807) is 0 Å². The smallest absolute Gasteiger partial charge is 0.0979 e. The molecule has 0 saturated carbocycles. The lowest BCUT2D eigenvalue weighted by Crippen LogP contribution is -2.13. The molecule has 0 aromatic heterocycles. The molecule has 4 aromatic rings. The number of rotatable bonds is 11. The summed E-state index contributed by atoms with van der Waals surface area (Å²) in [7, 11) is 0. The first-order valence-corrected chi connectivity index (χ1v) is 18.1. The Kier molecular flexibility index (Phi) is 10.4. The third-order valence-electron chi connectivity index (χ3n) is 10.1. The van der Waals surface area contributed by atoms with Crippen LogP contribution in [-0.2, 0) is 19.3 Å². The van der Waals surface area contributed by atoms with Crippen LogP contribution in [0.1, 0.15) is 147 Å². The minimum absolute atomic E-state index is 0.317. The number of hydrogen-bond donors (Lipinski definition) is 0. The van der Waals surface area contributed by atoms with E-state index in [2.05, 4.69) is 132 Å². The maximum Gasteiger partial charge on any atom is 0.0979 e. The van der Waals surface area contributed by atoms with Gasteiger partial charge < -0.3 is 0 Å². The molecule has 0 saturated heterocycles. The van der Waals surface area contributed by atoms with Crippen LogP contribution in [0.2, 0.25) is 0 Å². The number of aliphatic imine (C=N–C) groups is 2. The van der Waals surface area contributed by atoms with Crippen molar-refractivity contribution in [3.05, 3.63) is 129 Å². The van der Waals surface area contributed by atoms with Gasteiger partial charge in [-0.3, -0.25) is 0 Å². The fourth-order valence-corrected chi connectivity index (χ4v) is 7.53. The van der Waals surface area contributed by atoms with Gasteiger partial charge in [0.1, 0.15) is 0 Å². The number of hydrogen-bond acceptors (Lipinski definition) is 2. The average molecular weight is 637 g/mol. The Balaban J connectivity index is 1.97. The van der Waals surface area contributed by atoms with Crippen LogP contribution in [0.25, 0.3) is 10.8 Å². The predicted molar refractivity (Wildman–Crippen MR) is 212 cm³/mol. The second-order valence-electron chi connectivity index (χ2n) is 15.0. The fraction of sp³-hybridized carbons (Fsp3) is 0.391. The molecule has 0 spiro atoms. The molecule has 0 atom stereocenters. The Morgan fingerprint density at radius 3 is 1.73 bits per heavy atom. The molecule has 4 aromatic carbocycles. The highest BCUT2D eigenvalue weighted by Crippen LogP contribution is 2.44. The van der Waals surface area contributed by atoms with Gasteiger partial charge in [-0.15, -0.1) is 13.2 Å². The second kappa shape index (κ2) is 14.2. The first-order chi connectivity index (χ1) is 22.8. The molecule has 0 amide bonds. The number of aryl methyl sites for hydroxylation is 2. The maximum atomic E-state index is 5.83. The number of benzene rings is 4. The van der Waals surface area contributed by atoms with Crippen LogP contribution < -0.4 is 0 Å². The Morgan fingerprint density at radius 2 is 1.19 bits per heavy atom. The summed E-state index contributed by atoms with van der Waals surface area (Å²) in [5.41, 5.74) is 18.4. The highest BCUT2D eigenvalue weighted by molar-refractivity contribution is 6.61. The lowest BCUT2D eigenvalue weighted by atomic mass is 9.85. The number of allylic oxidation sites excluding steroid dienone is 2. The van der Waals surface area contributed by atoms with Gasteiger partial charge in [0, 0.05) is 16.5 Å². The van der Waals surface area contributed by atoms with Gasteiger partial charge in [-0.2, -0.15) is 0 Å². The van der Waals surface area contributed by atoms with Gasteiger partial charge in [0.2, 0.25) is 0 Å². The van der Waals surface area contributed by atoms with Crippen molar-refractivity contribution in [3.8, 4) is 0 Å². The van der Waals surface area contributed by atoms with Crippen LogP contribution in [0.5, 0.6) is 0 Å². The summed E-state index contributed by atoms with van der Waals surface area (Å²) in [6, 6.07) is 16.4. The SMILES string of the molecule is C=CCc1cc(C(C)C)c(/N=C2\C(=N/c3c(C(C)C)cc(CC=C)c(C)c3C(C)C)c3cc(CC)cc4c(C)ccc2c34)c(C(C)C)c1. The van der Waals surface area contributed by atoms with E-state index in [0.717, 1.165) is 42.1 Å². The van der Waals surface area contributed by atoms with Crippen molar-refractivity contribution in [2.75, 3.05) is 0 Å². The zero-order chi connectivity index (χ0) is 35.0. The molecule has 0 bridgehead atoms. The molecular formula is C46H56N2. The van der Waals surface area contributed by atoms with E-state index >= 15 is 0 Å². The molecule has 0 radical (unpaired) electrons. The standard InChI is InChI=1S/C46H56N2/c1-14-17-33-23-36(26(4)5)43(37(24-33)27(6)7)47-45-35-20-19-30(12)39-21-32(16-3)22-40(42(35)39)46(45)48-44-38(28(8)9)25-34(18-15-2)31(13)41(44)29(10)11/h14-15,19-29H,1-2,16-18H2,3-13H3/b47-45-,48-46-. The van der Waals surface area contributed by atoms with E-state index in [9.17, 15) is 0 Å². The average Bonchev–Trinajstić information content (AvgIpc) is 3.32. The first kappa shape index (κ1) is 35.3. The van der Waals surface area contributed by atoms with Crippen molar-refractivity contribution in [2.45, 2.75) is 119 Å². The minimum Gasteiger partial charge on any atom is -0.245 e. The van der Waals surface area contributed by atoms with E-state index in [1.165, 1.54) is 72.0 Å². The highest BCUT2D eigenvalue weighted by atomic mass is 14.9. The van der Waals surface area contributed by atoms with Crippen LogP contribution in [0.4, 0.5) is 11.4 Å². The van der Waals surface area contributed by atoms with Crippen LogP contribution in [0.3, 0.4) is 0 Å². The second-order valence-corrected chi connectivity index (χ2v) is 15.0. The zero-order valence-corrected chi connectivity index (χ0v) is 31.4. The molecule has 5 rings (SSSR count). The van der Waals surface area contributed by atoms with Gasteiger partial charge in [0.15, 0.2) is 0 Å². The Labute approximate surface area is 290 Å². The van der Waals surface area contributed by atoms with E-state index in [1.807, 2.05) is 12.2 Å². The molecule has 0 unspecified atom stereocenters. The minimum atomic E-state index is 0.317. The molecule has 48 heavy (non-hydrogen) atoms. The van der Waals surface area contributed by atoms with Gasteiger partial charge in [0.05, 0.1) is 22.8 Å². The molecule has 0 fully saturated rings. The van der Waals surface area contributed by atoms with Crippen LogP contribution in [0.15, 0.2) is 77.8 Å². The molecule has 1 aliphatic carbocycles. The zero-order valence-electron chi connectivity index (χ0n) is 31.4. The van der Waals surface area contributed by atoms with Crippen molar-refractivity contribution < 1.29 is 0 Å². The fourth-order valence-electron chi connectivity index (χ4n) is 7.53. The van der Waals surface area contributed by atoms with Gasteiger partial charge in [-0.1, -0.05) is 111 Å². The van der Waals surface area contributed by atoms with E-state index in [0.29, 0.717) is 23.7 Å². The summed E-state index contributed by atoms with van der Waals surface area (Å²) >= 11 is 0. The van der Waals surface area contributed by atoms with Crippen LogP contribution >= 0.6 is 0 Å². The normalized spacial score (nSPS) is 14.6. The lowest BCUT2D eigenvalue weighted by Gasteiger charge is -2.23. The van der Waals surface area contributed by atoms with Gasteiger partial charge in [0.25, 0.3) is 0 Å². The highest BCUT2D eigenvalue weighted by Gasteiger charge is 2.31. The summed E-state index contributed by atoms with van der Waals surface area (Å²) in [5.74, 6) is 1.27. The van der Waals surface area contributed by atoms with E-state index < -0.39 is 0 Å². The third kappa shape index (κ3) is 6.39. The van der Waals surface area contributed by atoms with Gasteiger partial charge in [-0.05, 0) is 118 Å². The van der Waals surface area contributed by atoms with E-state index in [4.69, 9.17) is 9.98 Å². The molecule has 250 valence electrons. The third-order valence-corrected chi connectivity index (χ3v) is 10.1. The molecule has 0 heterocycles. The molecule has 0 aliphatic heterocycles. The number of nitrogens with zero attached hydrogens (tertiary/aromatic N) is 2. The van der Waals surface area contributed by atoms with Crippen molar-refractivity contribution in [1.29, 1.82) is 0 Å². The van der Waals surface area contributed by atoms with Crippen molar-refractivity contribution in [1.82, 2.24) is 0 Å². The van der Waals surface area contributed by atoms with Gasteiger partial charge in [-0.25, -0.2) is 9.98 Å². The first-order valence-electron chi connectivity index (χ1n) is 18.1. The van der Waals surface area contributed by atoms with Crippen LogP contribution in [-0.4, -0.2) is 11.4 Å². The Hall–Kier alpha value is -4.04. The van der Waals surface area contributed by atoms with Crippen molar-refractivity contribution in [2.24, 2.45) is 9.98 Å². The lowest BCUT2D eigenvalue weighted by molar-refractivity contribution is 0.821. The largest absolute Gasteiger partial charge is 0.245 e. The molecule has 2 nitrogen and oxygen atoms in total. The molecule has 1 aliphatic rings. The monoisotopic (exact) mass is 636 g/mol. The van der Waals surface area contributed by atoms with Crippen molar-refractivity contribution in [3.63, 3.8) is 0 Å². The topological polar surface area (TPSA) is 24.7 Å². The quantitative estimate of drug-likeness (QED) is 0.146. The summed E-state index contributed by atoms with van der Waals surface area (Å²) < 4.78 is 0. The molecule has 0 N–H and O–H groups in total. The van der Waals surface area contributed by atoms with Gasteiger partial charge >= 0.3 is 0 Å². The van der Waals surface area contributed by atoms with Crippen LogP contribution in [0, 0.1) is 13.8 Å². The van der Waals surface area contributed by atoms with Crippen molar-refractivity contribution >= 4 is 33.6 Å². The summed E-state index contributed by atoms with van der Waals surface area (Å²) in [5, 5.41) is 2.59. The molecular weight excluding hydrogens is 581 g/mol. The summed E-state index contributed by atoms with van der Waals surface area (Å²) in [6.45, 7) is 33.2. The summed E-state index contributed by atoms with van der Waals surface area (Å²) in [6.07, 6.45) is 6.70. The summed E-state index contributed by atoms with van der Waals surface area (Å²) in [4.78, 5) is 11.6. The Morgan fingerprint density at radius 1 is 0.625 bits per heavy atom. The predicted octanol–water partition coefficient (Wildman–Crippen LogP) is 13.2. The Bertz CT molecular complexity index is 1930. The van der Waals surface area contributed by atoms with E-state index in [-0.39, 0.29) is 0 Å². The molecule has 2 heteroatoms. The maximum absolute atomic E-state index is 5.83.